The average Bonchev–Trinajstić information content (AvgIpc) is 3.21. The molecule has 0 unspecified atom stereocenters. The topological polar surface area (TPSA) is 120 Å². The summed E-state index contributed by atoms with van der Waals surface area (Å²) in [6, 6.07) is 3.85. The summed E-state index contributed by atoms with van der Waals surface area (Å²) in [4.78, 5) is 27.7. The minimum absolute atomic E-state index is 0.0103. The van der Waals surface area contributed by atoms with Gasteiger partial charge in [-0.15, -0.1) is 0 Å². The molecule has 2 N–H and O–H groups in total. The molecule has 2 aromatic rings. The molecule has 3 heterocycles. The van der Waals surface area contributed by atoms with E-state index in [1.807, 2.05) is 16.5 Å². The molecular weight excluding hydrogens is 410 g/mol. The van der Waals surface area contributed by atoms with Crippen LogP contribution in [0.2, 0.25) is 0 Å². The fraction of sp³-hybridized carbons (Fsp3) is 0.500. The van der Waals surface area contributed by atoms with Crippen molar-refractivity contribution >= 4 is 32.7 Å². The number of carbonyl (C=O) groups is 2. The fourth-order valence-electron chi connectivity index (χ4n) is 4.68. The average molecular weight is 436 g/mol. The number of fused-ring (bicyclic) bond motifs is 1. The molecule has 0 radical (unpaired) electrons. The quantitative estimate of drug-likeness (QED) is 0.708. The highest BCUT2D eigenvalue weighted by Gasteiger charge is 2.37. The van der Waals surface area contributed by atoms with Crippen LogP contribution in [-0.2, 0) is 21.7 Å². The SMILES string of the molecule is Cn1cc([C@@H](C(=O)O)N2CCN([C@@H]3CCS(=O)(=O)C3)CC2)c2cc(C(=O)O)ccc21. The van der Waals surface area contributed by atoms with Gasteiger partial charge in [0.25, 0.3) is 0 Å². The van der Waals surface area contributed by atoms with Crippen molar-refractivity contribution in [3.63, 3.8) is 0 Å². The van der Waals surface area contributed by atoms with E-state index in [1.54, 1.807) is 12.3 Å². The Balaban J connectivity index is 1.59. The summed E-state index contributed by atoms with van der Waals surface area (Å²) in [6.07, 6.45) is 2.39. The first-order valence-electron chi connectivity index (χ1n) is 9.90. The minimum atomic E-state index is -2.96. The third-order valence-corrected chi connectivity index (χ3v) is 7.98. The third kappa shape index (κ3) is 3.82. The first kappa shape index (κ1) is 20.8. The Hall–Kier alpha value is -2.43. The molecule has 0 bridgehead atoms. The van der Waals surface area contributed by atoms with E-state index in [4.69, 9.17) is 0 Å². The van der Waals surface area contributed by atoms with Gasteiger partial charge in [0.1, 0.15) is 6.04 Å². The second-order valence-corrected chi connectivity index (χ2v) is 10.3. The van der Waals surface area contributed by atoms with Gasteiger partial charge in [0.2, 0.25) is 0 Å². The molecule has 162 valence electrons. The number of rotatable bonds is 5. The summed E-state index contributed by atoms with van der Waals surface area (Å²) in [7, 11) is -1.15. The highest BCUT2D eigenvalue weighted by Crippen LogP contribution is 2.32. The molecule has 2 saturated heterocycles. The summed E-state index contributed by atoms with van der Waals surface area (Å²) in [5.41, 5.74) is 1.46. The number of hydrogen-bond acceptors (Lipinski definition) is 6. The number of sulfone groups is 1. The maximum atomic E-state index is 12.2. The van der Waals surface area contributed by atoms with Crippen LogP contribution in [0, 0.1) is 0 Å². The summed E-state index contributed by atoms with van der Waals surface area (Å²) < 4.78 is 25.4. The molecule has 2 atom stereocenters. The van der Waals surface area contributed by atoms with Crippen molar-refractivity contribution in [2.45, 2.75) is 18.5 Å². The smallest absolute Gasteiger partial charge is 0.335 e. The van der Waals surface area contributed by atoms with E-state index in [9.17, 15) is 28.2 Å². The number of aliphatic carboxylic acids is 1. The number of piperazine rings is 1. The van der Waals surface area contributed by atoms with E-state index >= 15 is 0 Å². The van der Waals surface area contributed by atoms with Gasteiger partial charge in [-0.2, -0.15) is 0 Å². The molecule has 0 aliphatic carbocycles. The molecule has 1 aromatic heterocycles. The summed E-state index contributed by atoms with van der Waals surface area (Å²) in [5, 5.41) is 20.0. The molecule has 30 heavy (non-hydrogen) atoms. The lowest BCUT2D eigenvalue weighted by Gasteiger charge is -2.40. The molecule has 0 amide bonds. The van der Waals surface area contributed by atoms with E-state index in [2.05, 4.69) is 4.90 Å². The van der Waals surface area contributed by atoms with Crippen molar-refractivity contribution in [1.82, 2.24) is 14.4 Å². The zero-order valence-corrected chi connectivity index (χ0v) is 17.5. The summed E-state index contributed by atoms with van der Waals surface area (Å²) in [6.45, 7) is 2.22. The van der Waals surface area contributed by atoms with Gasteiger partial charge in [0.15, 0.2) is 9.84 Å². The van der Waals surface area contributed by atoms with Crippen LogP contribution in [0.15, 0.2) is 24.4 Å². The Labute approximate surface area is 174 Å². The highest BCUT2D eigenvalue weighted by molar-refractivity contribution is 7.91. The van der Waals surface area contributed by atoms with E-state index < -0.39 is 27.8 Å². The molecule has 1 aromatic carbocycles. The number of aryl methyl sites for hydroxylation is 1. The standard InChI is InChI=1S/C20H25N3O6S/c1-21-11-16(15-10-13(19(24)25)2-3-17(15)21)18(20(26)27)23-7-5-22(6-8-23)14-4-9-30(28,29)12-14/h2-3,10-11,14,18H,4-9,12H2,1H3,(H,24,25)(H,26,27)/t14-,18+/m1/s1. The van der Waals surface area contributed by atoms with E-state index in [-0.39, 0.29) is 23.1 Å². The molecule has 2 fully saturated rings. The van der Waals surface area contributed by atoms with Gasteiger partial charge >= 0.3 is 11.9 Å². The first-order valence-corrected chi connectivity index (χ1v) is 11.7. The Morgan fingerprint density at radius 3 is 2.40 bits per heavy atom. The minimum Gasteiger partial charge on any atom is -0.480 e. The molecule has 0 spiro atoms. The van der Waals surface area contributed by atoms with Gasteiger partial charge in [0, 0.05) is 61.9 Å². The fourth-order valence-corrected chi connectivity index (χ4v) is 6.45. The third-order valence-electron chi connectivity index (χ3n) is 6.23. The zero-order valence-electron chi connectivity index (χ0n) is 16.7. The van der Waals surface area contributed by atoms with Gasteiger partial charge in [-0.1, -0.05) is 0 Å². The van der Waals surface area contributed by atoms with Crippen molar-refractivity contribution in [1.29, 1.82) is 0 Å². The first-order chi connectivity index (χ1) is 14.2. The van der Waals surface area contributed by atoms with Gasteiger partial charge in [-0.25, -0.2) is 13.2 Å². The number of benzene rings is 1. The maximum Gasteiger partial charge on any atom is 0.335 e. The predicted octanol–water partition coefficient (Wildman–Crippen LogP) is 0.807. The summed E-state index contributed by atoms with van der Waals surface area (Å²) in [5.74, 6) is -1.65. The van der Waals surface area contributed by atoms with E-state index in [0.717, 1.165) is 5.52 Å². The molecule has 0 saturated carbocycles. The van der Waals surface area contributed by atoms with Crippen LogP contribution in [0.4, 0.5) is 0 Å². The van der Waals surface area contributed by atoms with Crippen LogP contribution < -0.4 is 0 Å². The van der Waals surface area contributed by atoms with Crippen molar-refractivity contribution in [2.75, 3.05) is 37.7 Å². The Kier molecular flexibility index (Phi) is 5.33. The molecule has 10 heteroatoms. The molecule has 2 aliphatic heterocycles. The highest BCUT2D eigenvalue weighted by atomic mass is 32.2. The molecule has 9 nitrogen and oxygen atoms in total. The van der Waals surface area contributed by atoms with Crippen LogP contribution in [0.25, 0.3) is 10.9 Å². The Morgan fingerprint density at radius 2 is 1.83 bits per heavy atom. The van der Waals surface area contributed by atoms with Crippen LogP contribution in [0.1, 0.15) is 28.4 Å². The number of hydrogen-bond donors (Lipinski definition) is 2. The monoisotopic (exact) mass is 435 g/mol. The maximum absolute atomic E-state index is 12.2. The van der Waals surface area contributed by atoms with Gasteiger partial charge < -0.3 is 14.8 Å². The largest absolute Gasteiger partial charge is 0.480 e. The number of carboxylic acids is 2. The van der Waals surface area contributed by atoms with E-state index in [0.29, 0.717) is 43.5 Å². The van der Waals surface area contributed by atoms with Crippen molar-refractivity contribution < 1.29 is 28.2 Å². The van der Waals surface area contributed by atoms with Crippen molar-refractivity contribution in [2.24, 2.45) is 7.05 Å². The second-order valence-electron chi connectivity index (χ2n) is 8.10. The predicted molar refractivity (Wildman–Crippen MR) is 110 cm³/mol. The van der Waals surface area contributed by atoms with Crippen LogP contribution in [0.3, 0.4) is 0 Å². The lowest BCUT2D eigenvalue weighted by atomic mass is 10.0. The number of aromatic nitrogens is 1. The van der Waals surface area contributed by atoms with Gasteiger partial charge in [-0.3, -0.25) is 14.6 Å². The van der Waals surface area contributed by atoms with E-state index in [1.165, 1.54) is 12.1 Å². The Bertz CT molecular complexity index is 1100. The lowest BCUT2D eigenvalue weighted by Crippen LogP contribution is -2.52. The van der Waals surface area contributed by atoms with Crippen LogP contribution in [-0.4, -0.2) is 88.7 Å². The van der Waals surface area contributed by atoms with Crippen molar-refractivity contribution in [3.05, 3.63) is 35.5 Å². The lowest BCUT2D eigenvalue weighted by molar-refractivity contribution is -0.144. The second kappa shape index (κ2) is 7.68. The molecular formula is C20H25N3O6S. The van der Waals surface area contributed by atoms with Gasteiger partial charge in [-0.05, 0) is 24.6 Å². The zero-order chi connectivity index (χ0) is 21.6. The normalized spacial score (nSPS) is 23.6. The van der Waals surface area contributed by atoms with Crippen LogP contribution in [0.5, 0.6) is 0 Å². The molecule has 4 rings (SSSR count). The number of aromatic carboxylic acids is 1. The molecule has 2 aliphatic rings. The van der Waals surface area contributed by atoms with Crippen LogP contribution >= 0.6 is 0 Å². The summed E-state index contributed by atoms with van der Waals surface area (Å²) >= 11 is 0. The van der Waals surface area contributed by atoms with Gasteiger partial charge in [0.05, 0.1) is 17.1 Å². The Morgan fingerprint density at radius 1 is 1.13 bits per heavy atom. The number of nitrogens with zero attached hydrogens (tertiary/aromatic N) is 3. The van der Waals surface area contributed by atoms with Crippen molar-refractivity contribution in [3.8, 4) is 0 Å². The number of carboxylic acid groups (broad SMARTS) is 2.